The fraction of sp³-hybridized carbons (Fsp3) is 0.350. The zero-order valence-electron chi connectivity index (χ0n) is 17.0. The highest BCUT2D eigenvalue weighted by Crippen LogP contribution is 2.22. The smallest absolute Gasteiger partial charge is 0.323 e. The van der Waals surface area contributed by atoms with Gasteiger partial charge in [-0.05, 0) is 57.4 Å². The lowest BCUT2D eigenvalue weighted by Crippen LogP contribution is -2.27. The zero-order valence-corrected chi connectivity index (χ0v) is 17.0. The number of furan rings is 1. The standard InChI is InChI=1S/C20H26N6O3/c1-5-28-20-24-18(21-13-16(26(2)3)17-7-6-12-29-17)23-19(25-20)22-14-8-10-15(27-4)11-9-14/h6-12,16H,5,13H2,1-4H3,(H2,21,22,23,24,25). The molecule has 1 atom stereocenters. The minimum Gasteiger partial charge on any atom is -0.497 e. The third-order valence-electron chi connectivity index (χ3n) is 4.18. The van der Waals surface area contributed by atoms with Crippen molar-refractivity contribution >= 4 is 17.6 Å². The molecule has 154 valence electrons. The van der Waals surface area contributed by atoms with E-state index in [0.717, 1.165) is 17.2 Å². The van der Waals surface area contributed by atoms with Crippen LogP contribution in [-0.4, -0.2) is 54.2 Å². The van der Waals surface area contributed by atoms with E-state index >= 15 is 0 Å². The zero-order chi connectivity index (χ0) is 20.6. The number of aromatic nitrogens is 3. The van der Waals surface area contributed by atoms with Crippen LogP contribution in [0, 0.1) is 0 Å². The number of ether oxygens (including phenoxy) is 2. The van der Waals surface area contributed by atoms with Crippen molar-refractivity contribution in [2.75, 3.05) is 45.0 Å². The van der Waals surface area contributed by atoms with Crippen LogP contribution in [0.2, 0.25) is 0 Å². The van der Waals surface area contributed by atoms with E-state index in [1.54, 1.807) is 13.4 Å². The monoisotopic (exact) mass is 398 g/mol. The number of nitrogens with one attached hydrogen (secondary N) is 2. The van der Waals surface area contributed by atoms with Crippen molar-refractivity contribution in [3.63, 3.8) is 0 Å². The van der Waals surface area contributed by atoms with Gasteiger partial charge in [-0.1, -0.05) is 0 Å². The van der Waals surface area contributed by atoms with E-state index in [9.17, 15) is 0 Å². The number of benzene rings is 1. The van der Waals surface area contributed by atoms with Gasteiger partial charge >= 0.3 is 6.01 Å². The first-order valence-electron chi connectivity index (χ1n) is 9.32. The number of hydrogen-bond acceptors (Lipinski definition) is 9. The van der Waals surface area contributed by atoms with Crippen LogP contribution in [0.15, 0.2) is 47.1 Å². The molecule has 3 aromatic rings. The summed E-state index contributed by atoms with van der Waals surface area (Å²) >= 11 is 0. The maximum absolute atomic E-state index is 5.55. The summed E-state index contributed by atoms with van der Waals surface area (Å²) in [5.74, 6) is 2.43. The van der Waals surface area contributed by atoms with Gasteiger partial charge in [0, 0.05) is 12.2 Å². The molecule has 0 saturated heterocycles. The maximum Gasteiger partial charge on any atom is 0.323 e. The van der Waals surface area contributed by atoms with Crippen molar-refractivity contribution in [1.82, 2.24) is 19.9 Å². The Morgan fingerprint density at radius 3 is 2.45 bits per heavy atom. The van der Waals surface area contributed by atoms with E-state index in [2.05, 4.69) is 30.5 Å². The first-order valence-corrected chi connectivity index (χ1v) is 9.32. The average molecular weight is 398 g/mol. The molecule has 2 heterocycles. The molecule has 0 bridgehead atoms. The van der Waals surface area contributed by atoms with Crippen molar-refractivity contribution in [2.24, 2.45) is 0 Å². The predicted molar refractivity (Wildman–Crippen MR) is 111 cm³/mol. The molecule has 2 N–H and O–H groups in total. The molecule has 0 aliphatic heterocycles. The van der Waals surface area contributed by atoms with Crippen molar-refractivity contribution in [2.45, 2.75) is 13.0 Å². The fourth-order valence-corrected chi connectivity index (χ4v) is 2.70. The molecule has 9 nitrogen and oxygen atoms in total. The highest BCUT2D eigenvalue weighted by atomic mass is 16.5. The Balaban J connectivity index is 1.76. The number of hydrogen-bond donors (Lipinski definition) is 2. The minimum atomic E-state index is 0.0234. The van der Waals surface area contributed by atoms with Gasteiger partial charge < -0.3 is 24.5 Å². The van der Waals surface area contributed by atoms with Crippen molar-refractivity contribution in [3.05, 3.63) is 48.4 Å². The van der Waals surface area contributed by atoms with E-state index in [1.165, 1.54) is 0 Å². The second-order valence-electron chi connectivity index (χ2n) is 6.43. The molecule has 0 radical (unpaired) electrons. The SMILES string of the molecule is CCOc1nc(NCC(c2ccco2)N(C)C)nc(Nc2ccc(OC)cc2)n1. The third kappa shape index (κ3) is 5.58. The van der Waals surface area contributed by atoms with Crippen LogP contribution in [0.4, 0.5) is 17.6 Å². The van der Waals surface area contributed by atoms with Gasteiger partial charge in [0.25, 0.3) is 0 Å². The Labute approximate surface area is 170 Å². The van der Waals surface area contributed by atoms with Gasteiger partial charge in [-0.25, -0.2) is 0 Å². The Morgan fingerprint density at radius 1 is 1.07 bits per heavy atom. The van der Waals surface area contributed by atoms with Crippen LogP contribution in [0.3, 0.4) is 0 Å². The molecule has 2 aromatic heterocycles. The van der Waals surface area contributed by atoms with Gasteiger partial charge in [-0.2, -0.15) is 15.0 Å². The lowest BCUT2D eigenvalue weighted by molar-refractivity contribution is 0.269. The van der Waals surface area contributed by atoms with Gasteiger partial charge in [0.1, 0.15) is 11.5 Å². The van der Waals surface area contributed by atoms with Gasteiger partial charge in [0.15, 0.2) is 0 Å². The number of anilines is 3. The lowest BCUT2D eigenvalue weighted by atomic mass is 10.2. The molecule has 1 unspecified atom stereocenters. The summed E-state index contributed by atoms with van der Waals surface area (Å²) in [6, 6.07) is 11.6. The largest absolute Gasteiger partial charge is 0.497 e. The van der Waals surface area contributed by atoms with Crippen LogP contribution >= 0.6 is 0 Å². The van der Waals surface area contributed by atoms with Crippen LogP contribution in [0.1, 0.15) is 18.7 Å². The maximum atomic E-state index is 5.55. The summed E-state index contributed by atoms with van der Waals surface area (Å²) in [4.78, 5) is 15.2. The van der Waals surface area contributed by atoms with Crippen molar-refractivity contribution in [1.29, 1.82) is 0 Å². The number of rotatable bonds is 10. The summed E-state index contributed by atoms with van der Waals surface area (Å²) in [7, 11) is 5.61. The van der Waals surface area contributed by atoms with Crippen LogP contribution < -0.4 is 20.1 Å². The molecule has 0 saturated carbocycles. The second kappa shape index (κ2) is 9.74. The Kier molecular flexibility index (Phi) is 6.85. The summed E-state index contributed by atoms with van der Waals surface area (Å²) in [6.07, 6.45) is 1.67. The van der Waals surface area contributed by atoms with Crippen LogP contribution in [-0.2, 0) is 0 Å². The molecule has 0 amide bonds. The third-order valence-corrected chi connectivity index (χ3v) is 4.18. The van der Waals surface area contributed by atoms with E-state index in [-0.39, 0.29) is 12.1 Å². The summed E-state index contributed by atoms with van der Waals surface area (Å²) < 4.78 is 16.2. The van der Waals surface area contributed by atoms with E-state index in [0.29, 0.717) is 25.0 Å². The highest BCUT2D eigenvalue weighted by Gasteiger charge is 2.18. The Hall–Kier alpha value is -3.33. The molecular formula is C20H26N6O3. The van der Waals surface area contributed by atoms with Crippen LogP contribution in [0.25, 0.3) is 0 Å². The van der Waals surface area contributed by atoms with Gasteiger partial charge in [0.05, 0.1) is 26.0 Å². The molecule has 29 heavy (non-hydrogen) atoms. The number of nitrogens with zero attached hydrogens (tertiary/aromatic N) is 4. The minimum absolute atomic E-state index is 0.0234. The van der Waals surface area contributed by atoms with Crippen molar-refractivity contribution < 1.29 is 13.9 Å². The van der Waals surface area contributed by atoms with Gasteiger partial charge in [0.2, 0.25) is 11.9 Å². The van der Waals surface area contributed by atoms with Gasteiger partial charge in [-0.15, -0.1) is 0 Å². The normalized spacial score (nSPS) is 11.9. The quantitative estimate of drug-likeness (QED) is 0.533. The highest BCUT2D eigenvalue weighted by molar-refractivity contribution is 5.55. The number of methoxy groups -OCH3 is 1. The van der Waals surface area contributed by atoms with Gasteiger partial charge in [-0.3, -0.25) is 4.90 Å². The van der Waals surface area contributed by atoms with E-state index in [4.69, 9.17) is 13.9 Å². The predicted octanol–water partition coefficient (Wildman–Crippen LogP) is 3.33. The Morgan fingerprint density at radius 2 is 1.83 bits per heavy atom. The molecule has 0 spiro atoms. The summed E-state index contributed by atoms with van der Waals surface area (Å²) in [5.41, 5.74) is 0.826. The Bertz CT molecular complexity index is 884. The first kappa shape index (κ1) is 20.4. The lowest BCUT2D eigenvalue weighted by Gasteiger charge is -2.22. The molecular weight excluding hydrogens is 372 g/mol. The first-order chi connectivity index (χ1) is 14.1. The molecule has 9 heteroatoms. The molecule has 3 rings (SSSR count). The van der Waals surface area contributed by atoms with Crippen molar-refractivity contribution in [3.8, 4) is 11.8 Å². The molecule has 0 fully saturated rings. The molecule has 1 aromatic carbocycles. The second-order valence-corrected chi connectivity index (χ2v) is 6.43. The fourth-order valence-electron chi connectivity index (χ4n) is 2.70. The van der Waals surface area contributed by atoms with E-state index in [1.807, 2.05) is 57.4 Å². The molecule has 0 aliphatic carbocycles. The van der Waals surface area contributed by atoms with Crippen LogP contribution in [0.5, 0.6) is 11.8 Å². The summed E-state index contributed by atoms with van der Waals surface area (Å²) in [5, 5.41) is 6.42. The summed E-state index contributed by atoms with van der Waals surface area (Å²) in [6.45, 7) is 2.89. The number of likely N-dealkylation sites (N-methyl/N-ethyl adjacent to an activating group) is 1. The topological polar surface area (TPSA) is 97.6 Å². The average Bonchev–Trinajstić information content (AvgIpc) is 3.23. The van der Waals surface area contributed by atoms with E-state index < -0.39 is 0 Å². The molecule has 0 aliphatic rings.